The molecular formula is C12H19Br2NO. The Kier molecular flexibility index (Phi) is 6.08. The molecule has 0 spiro atoms. The van der Waals surface area contributed by atoms with E-state index in [1.54, 1.807) is 0 Å². The highest BCUT2D eigenvalue weighted by molar-refractivity contribution is 9.13. The van der Waals surface area contributed by atoms with E-state index < -0.39 is 0 Å². The lowest BCUT2D eigenvalue weighted by Gasteiger charge is -2.21. The van der Waals surface area contributed by atoms with E-state index in [-0.39, 0.29) is 0 Å². The average Bonchev–Trinajstić information content (AvgIpc) is 2.57. The molecule has 92 valence electrons. The first kappa shape index (κ1) is 14.3. The Balaban J connectivity index is 2.45. The molecule has 0 amide bonds. The van der Waals surface area contributed by atoms with Crippen molar-refractivity contribution in [2.75, 3.05) is 0 Å². The number of furan rings is 1. The molecule has 0 saturated heterocycles. The molecule has 1 heterocycles. The van der Waals surface area contributed by atoms with Gasteiger partial charge < -0.3 is 9.73 Å². The molecule has 0 radical (unpaired) electrons. The summed E-state index contributed by atoms with van der Waals surface area (Å²) in [6.45, 7) is 7.51. The van der Waals surface area contributed by atoms with Crippen LogP contribution in [0.3, 0.4) is 0 Å². The van der Waals surface area contributed by atoms with E-state index in [1.807, 2.05) is 6.07 Å². The van der Waals surface area contributed by atoms with E-state index in [9.17, 15) is 0 Å². The van der Waals surface area contributed by atoms with Gasteiger partial charge in [0.05, 0.1) is 11.0 Å². The zero-order valence-corrected chi connectivity index (χ0v) is 13.2. The lowest BCUT2D eigenvalue weighted by molar-refractivity contribution is 0.338. The van der Waals surface area contributed by atoms with Crippen molar-refractivity contribution in [1.82, 2.24) is 5.32 Å². The van der Waals surface area contributed by atoms with Crippen molar-refractivity contribution in [2.45, 2.75) is 46.2 Å². The van der Waals surface area contributed by atoms with Crippen LogP contribution in [0.4, 0.5) is 0 Å². The van der Waals surface area contributed by atoms with Crippen molar-refractivity contribution in [3.63, 3.8) is 0 Å². The average molecular weight is 353 g/mol. The van der Waals surface area contributed by atoms with Gasteiger partial charge >= 0.3 is 0 Å². The van der Waals surface area contributed by atoms with Crippen molar-refractivity contribution in [3.05, 3.63) is 21.0 Å². The maximum Gasteiger partial charge on any atom is 0.183 e. The van der Waals surface area contributed by atoms with Gasteiger partial charge in [-0.3, -0.25) is 0 Å². The summed E-state index contributed by atoms with van der Waals surface area (Å²) in [6, 6.07) is 2.52. The van der Waals surface area contributed by atoms with E-state index in [0.29, 0.717) is 6.04 Å². The highest BCUT2D eigenvalue weighted by Crippen LogP contribution is 2.26. The number of hydrogen-bond donors (Lipinski definition) is 1. The van der Waals surface area contributed by atoms with E-state index in [1.165, 1.54) is 12.8 Å². The smallest absolute Gasteiger partial charge is 0.183 e. The van der Waals surface area contributed by atoms with Gasteiger partial charge in [-0.05, 0) is 50.8 Å². The third-order valence-corrected chi connectivity index (χ3v) is 4.76. The zero-order chi connectivity index (χ0) is 12.1. The van der Waals surface area contributed by atoms with Crippen molar-refractivity contribution in [1.29, 1.82) is 0 Å². The molecule has 16 heavy (non-hydrogen) atoms. The number of halogens is 2. The minimum Gasteiger partial charge on any atom is -0.452 e. The van der Waals surface area contributed by atoms with Crippen molar-refractivity contribution in [3.8, 4) is 0 Å². The second kappa shape index (κ2) is 6.82. The Morgan fingerprint density at radius 3 is 2.38 bits per heavy atom. The fraction of sp³-hybridized carbons (Fsp3) is 0.667. The Bertz CT molecular complexity index is 301. The lowest BCUT2D eigenvalue weighted by atomic mass is 9.95. The van der Waals surface area contributed by atoms with Crippen LogP contribution < -0.4 is 5.32 Å². The van der Waals surface area contributed by atoms with Crippen LogP contribution in [-0.4, -0.2) is 6.04 Å². The second-order valence-electron chi connectivity index (χ2n) is 4.08. The minimum absolute atomic E-state index is 0.526. The van der Waals surface area contributed by atoms with E-state index in [2.05, 4.69) is 57.9 Å². The molecule has 1 N–H and O–H groups in total. The molecule has 0 bridgehead atoms. The normalized spacial score (nSPS) is 13.4. The zero-order valence-electron chi connectivity index (χ0n) is 10.0. The molecule has 4 heteroatoms. The molecule has 0 aliphatic carbocycles. The molecule has 1 atom stereocenters. The van der Waals surface area contributed by atoms with Crippen molar-refractivity contribution >= 4 is 31.9 Å². The van der Waals surface area contributed by atoms with Crippen LogP contribution in [0, 0.1) is 5.92 Å². The van der Waals surface area contributed by atoms with Crippen LogP contribution in [0.2, 0.25) is 0 Å². The Morgan fingerprint density at radius 1 is 1.31 bits per heavy atom. The first-order valence-electron chi connectivity index (χ1n) is 5.75. The Hall–Kier alpha value is 0.200. The predicted molar refractivity (Wildman–Crippen MR) is 74.5 cm³/mol. The maximum atomic E-state index is 5.52. The van der Waals surface area contributed by atoms with E-state index >= 15 is 0 Å². The quantitative estimate of drug-likeness (QED) is 0.801. The number of hydrogen-bond acceptors (Lipinski definition) is 2. The van der Waals surface area contributed by atoms with Gasteiger partial charge in [0.1, 0.15) is 5.76 Å². The van der Waals surface area contributed by atoms with Gasteiger partial charge in [0.15, 0.2) is 4.67 Å². The van der Waals surface area contributed by atoms with Crippen LogP contribution in [0.15, 0.2) is 19.6 Å². The topological polar surface area (TPSA) is 25.2 Å². The summed E-state index contributed by atoms with van der Waals surface area (Å²) in [4.78, 5) is 0. The number of rotatable bonds is 6. The molecule has 0 fully saturated rings. The summed E-state index contributed by atoms with van der Waals surface area (Å²) < 4.78 is 7.25. The van der Waals surface area contributed by atoms with Gasteiger partial charge in [0.25, 0.3) is 0 Å². The van der Waals surface area contributed by atoms with E-state index in [4.69, 9.17) is 4.42 Å². The predicted octanol–water partition coefficient (Wildman–Crippen LogP) is 4.72. The fourth-order valence-electron chi connectivity index (χ4n) is 1.90. The molecule has 2 nitrogen and oxygen atoms in total. The highest BCUT2D eigenvalue weighted by atomic mass is 79.9. The summed E-state index contributed by atoms with van der Waals surface area (Å²) in [7, 11) is 0. The van der Waals surface area contributed by atoms with Crippen LogP contribution in [0.25, 0.3) is 0 Å². The molecule has 1 rings (SSSR count). The van der Waals surface area contributed by atoms with Gasteiger partial charge in [-0.2, -0.15) is 0 Å². The standard InChI is InChI=1S/C12H19Br2NO/c1-4-9(5-2)8(3)15-7-10-6-11(13)12(14)16-10/h6,8-9,15H,4-5,7H2,1-3H3. The highest BCUT2D eigenvalue weighted by Gasteiger charge is 2.14. The maximum absolute atomic E-state index is 5.52. The Morgan fingerprint density at radius 2 is 1.94 bits per heavy atom. The summed E-state index contributed by atoms with van der Waals surface area (Å²) in [5.41, 5.74) is 0. The van der Waals surface area contributed by atoms with Crippen LogP contribution in [0.5, 0.6) is 0 Å². The van der Waals surface area contributed by atoms with Gasteiger partial charge in [-0.25, -0.2) is 0 Å². The molecule has 1 aromatic heterocycles. The molecule has 0 saturated carbocycles. The molecule has 1 aromatic rings. The lowest BCUT2D eigenvalue weighted by Crippen LogP contribution is -2.32. The van der Waals surface area contributed by atoms with Crippen LogP contribution in [0.1, 0.15) is 39.4 Å². The molecule has 0 aliphatic rings. The third-order valence-electron chi connectivity index (χ3n) is 3.05. The summed E-state index contributed by atoms with van der Waals surface area (Å²) >= 11 is 6.75. The SMILES string of the molecule is CCC(CC)C(C)NCc1cc(Br)c(Br)o1. The molecule has 0 aromatic carbocycles. The van der Waals surface area contributed by atoms with Crippen molar-refractivity contribution in [2.24, 2.45) is 5.92 Å². The largest absolute Gasteiger partial charge is 0.452 e. The summed E-state index contributed by atoms with van der Waals surface area (Å²) in [5.74, 6) is 1.69. The van der Waals surface area contributed by atoms with E-state index in [0.717, 1.165) is 27.4 Å². The molecule has 0 aliphatic heterocycles. The first-order chi connectivity index (χ1) is 7.58. The fourth-order valence-corrected chi connectivity index (χ4v) is 2.56. The molecular weight excluding hydrogens is 334 g/mol. The number of nitrogens with one attached hydrogen (secondary N) is 1. The van der Waals surface area contributed by atoms with Gasteiger partial charge in [0, 0.05) is 6.04 Å². The third kappa shape index (κ3) is 3.90. The van der Waals surface area contributed by atoms with Crippen LogP contribution in [-0.2, 0) is 6.54 Å². The van der Waals surface area contributed by atoms with Gasteiger partial charge in [-0.15, -0.1) is 0 Å². The van der Waals surface area contributed by atoms with Gasteiger partial charge in [-0.1, -0.05) is 26.7 Å². The second-order valence-corrected chi connectivity index (χ2v) is 5.66. The van der Waals surface area contributed by atoms with Crippen LogP contribution >= 0.6 is 31.9 Å². The minimum atomic E-state index is 0.526. The Labute approximate surface area is 114 Å². The van der Waals surface area contributed by atoms with Gasteiger partial charge in [0.2, 0.25) is 0 Å². The van der Waals surface area contributed by atoms with Crippen molar-refractivity contribution < 1.29 is 4.42 Å². The first-order valence-corrected chi connectivity index (χ1v) is 7.34. The summed E-state index contributed by atoms with van der Waals surface area (Å²) in [6.07, 6.45) is 2.44. The summed E-state index contributed by atoms with van der Waals surface area (Å²) in [5, 5.41) is 3.51. The molecule has 1 unspecified atom stereocenters. The monoisotopic (exact) mass is 351 g/mol.